The highest BCUT2D eigenvalue weighted by Gasteiger charge is 2.28. The molecule has 2 aliphatic heterocycles. The van der Waals surface area contributed by atoms with Gasteiger partial charge in [-0.2, -0.15) is 0 Å². The van der Waals surface area contributed by atoms with Crippen LogP contribution in [0.2, 0.25) is 0 Å². The highest BCUT2D eigenvalue weighted by atomic mass is 16.5. The lowest BCUT2D eigenvalue weighted by Crippen LogP contribution is -2.47. The third kappa shape index (κ3) is 6.01. The zero-order valence-corrected chi connectivity index (χ0v) is 18.4. The van der Waals surface area contributed by atoms with Gasteiger partial charge in [-0.3, -0.25) is 4.79 Å². The summed E-state index contributed by atoms with van der Waals surface area (Å²) in [6.45, 7) is 9.37. The van der Waals surface area contributed by atoms with Crippen molar-refractivity contribution in [1.82, 2.24) is 10.2 Å². The Bertz CT molecular complexity index is 697. The number of likely N-dealkylation sites (tertiary alicyclic amines) is 1. The molecular formula is C23H37N3O4. The number of fused-ring (bicyclic) bond motifs is 1. The number of anilines is 1. The van der Waals surface area contributed by atoms with Crippen LogP contribution in [-0.4, -0.2) is 68.0 Å². The van der Waals surface area contributed by atoms with Crippen LogP contribution in [0.3, 0.4) is 0 Å². The third-order valence-electron chi connectivity index (χ3n) is 5.83. The van der Waals surface area contributed by atoms with Crippen LogP contribution in [0.1, 0.15) is 56.3 Å². The number of hydrogen-bond donors (Lipinski definition) is 3. The van der Waals surface area contributed by atoms with Gasteiger partial charge in [-0.15, -0.1) is 0 Å². The normalized spacial score (nSPS) is 21.7. The van der Waals surface area contributed by atoms with Crippen molar-refractivity contribution in [3.05, 3.63) is 17.7 Å². The Kier molecular flexibility index (Phi) is 8.63. The second-order valence-electron chi connectivity index (χ2n) is 8.31. The molecule has 1 fully saturated rings. The molecule has 1 aromatic carbocycles. The Balaban J connectivity index is 1.64. The average Bonchev–Trinajstić information content (AvgIpc) is 3.00. The van der Waals surface area contributed by atoms with E-state index in [0.717, 1.165) is 57.4 Å². The number of amides is 1. The number of ether oxygens (including phenoxy) is 2. The Hall–Kier alpha value is -1.99. The number of rotatable bonds is 9. The van der Waals surface area contributed by atoms with Gasteiger partial charge in [-0.25, -0.2) is 0 Å². The summed E-state index contributed by atoms with van der Waals surface area (Å²) in [4.78, 5) is 15.4. The molecule has 7 heteroatoms. The second kappa shape index (κ2) is 11.4. The highest BCUT2D eigenvalue weighted by Crippen LogP contribution is 2.36. The van der Waals surface area contributed by atoms with Crippen LogP contribution in [0.4, 0.5) is 5.69 Å². The maximum Gasteiger partial charge on any atom is 0.255 e. The molecule has 7 nitrogen and oxygen atoms in total. The summed E-state index contributed by atoms with van der Waals surface area (Å²) in [5.74, 6) is 1.02. The molecule has 0 aromatic heterocycles. The molecule has 168 valence electrons. The zero-order valence-electron chi connectivity index (χ0n) is 18.4. The number of unbranched alkanes of at least 4 members (excludes halogenated alkanes) is 1. The molecule has 1 saturated heterocycles. The van der Waals surface area contributed by atoms with Crippen LogP contribution in [0.25, 0.3) is 0 Å². The first-order chi connectivity index (χ1) is 14.6. The first-order valence-corrected chi connectivity index (χ1v) is 11.5. The number of carbonyl (C=O) groups excluding carboxylic acids is 1. The van der Waals surface area contributed by atoms with Crippen LogP contribution >= 0.6 is 0 Å². The Morgan fingerprint density at radius 2 is 2.07 bits per heavy atom. The summed E-state index contributed by atoms with van der Waals surface area (Å²) >= 11 is 0. The van der Waals surface area contributed by atoms with Crippen LogP contribution in [0.5, 0.6) is 11.5 Å². The van der Waals surface area contributed by atoms with Gasteiger partial charge in [-0.05, 0) is 38.4 Å². The van der Waals surface area contributed by atoms with Gasteiger partial charge in [-0.1, -0.05) is 20.3 Å². The molecule has 2 atom stereocenters. The Morgan fingerprint density at radius 3 is 2.83 bits per heavy atom. The van der Waals surface area contributed by atoms with Gasteiger partial charge in [0, 0.05) is 43.7 Å². The summed E-state index contributed by atoms with van der Waals surface area (Å²) in [5.41, 5.74) is 1.35. The van der Waals surface area contributed by atoms with Gasteiger partial charge in [0.15, 0.2) is 11.5 Å². The summed E-state index contributed by atoms with van der Waals surface area (Å²) in [5, 5.41) is 16.9. The minimum absolute atomic E-state index is 0.0731. The van der Waals surface area contributed by atoms with Gasteiger partial charge in [0.25, 0.3) is 5.91 Å². The third-order valence-corrected chi connectivity index (χ3v) is 5.83. The van der Waals surface area contributed by atoms with E-state index < -0.39 is 6.10 Å². The summed E-state index contributed by atoms with van der Waals surface area (Å²) in [6, 6.07) is 3.74. The number of hydrogen-bond acceptors (Lipinski definition) is 6. The summed E-state index contributed by atoms with van der Waals surface area (Å²) in [6.07, 6.45) is 4.57. The van der Waals surface area contributed by atoms with E-state index in [-0.39, 0.29) is 11.8 Å². The van der Waals surface area contributed by atoms with Crippen molar-refractivity contribution in [2.24, 2.45) is 5.92 Å². The Labute approximate surface area is 180 Å². The molecule has 0 radical (unpaired) electrons. The van der Waals surface area contributed by atoms with E-state index in [1.165, 1.54) is 0 Å². The highest BCUT2D eigenvalue weighted by molar-refractivity contribution is 5.99. The van der Waals surface area contributed by atoms with E-state index in [9.17, 15) is 9.90 Å². The number of carbonyl (C=O) groups is 1. The number of β-amino-alcohol motifs (C(OH)–C–C–N with tert-alkyl or cyclic N) is 1. The largest absolute Gasteiger partial charge is 0.489 e. The number of nitrogens with zero attached hydrogens (tertiary/aromatic N) is 1. The molecule has 0 saturated carbocycles. The van der Waals surface area contributed by atoms with E-state index in [4.69, 9.17) is 9.47 Å². The van der Waals surface area contributed by atoms with Gasteiger partial charge in [0.2, 0.25) is 0 Å². The van der Waals surface area contributed by atoms with E-state index in [0.29, 0.717) is 43.4 Å². The predicted octanol–water partition coefficient (Wildman–Crippen LogP) is 2.88. The quantitative estimate of drug-likeness (QED) is 0.571. The van der Waals surface area contributed by atoms with Gasteiger partial charge < -0.3 is 30.1 Å². The van der Waals surface area contributed by atoms with Crippen molar-refractivity contribution in [2.75, 3.05) is 51.3 Å². The molecule has 3 rings (SSSR count). The maximum atomic E-state index is 13.0. The fourth-order valence-electron chi connectivity index (χ4n) is 4.00. The molecule has 2 heterocycles. The van der Waals surface area contributed by atoms with Crippen LogP contribution in [0, 0.1) is 5.92 Å². The fourth-order valence-corrected chi connectivity index (χ4v) is 4.00. The SMILES string of the molecule is CCCCN1CC[C@@H](CNC(=O)c2cc(NCCC)cc3c2OCCCO3)C(O)C1. The monoisotopic (exact) mass is 419 g/mol. The van der Waals surface area contributed by atoms with Crippen LogP contribution < -0.4 is 20.1 Å². The van der Waals surface area contributed by atoms with Crippen LogP contribution in [0.15, 0.2) is 12.1 Å². The molecule has 1 amide bonds. The second-order valence-corrected chi connectivity index (χ2v) is 8.31. The molecule has 1 unspecified atom stereocenters. The minimum Gasteiger partial charge on any atom is -0.489 e. The lowest BCUT2D eigenvalue weighted by atomic mass is 9.93. The lowest BCUT2D eigenvalue weighted by Gasteiger charge is -2.36. The molecule has 1 aromatic rings. The van der Waals surface area contributed by atoms with Gasteiger partial charge in [0.05, 0.1) is 24.9 Å². The number of piperidine rings is 1. The van der Waals surface area contributed by atoms with Crippen LogP contribution in [-0.2, 0) is 0 Å². The van der Waals surface area contributed by atoms with Crippen molar-refractivity contribution in [3.63, 3.8) is 0 Å². The predicted molar refractivity (Wildman–Crippen MR) is 119 cm³/mol. The average molecular weight is 420 g/mol. The Morgan fingerprint density at radius 1 is 1.23 bits per heavy atom. The van der Waals surface area contributed by atoms with E-state index in [2.05, 4.69) is 29.4 Å². The number of aliphatic hydroxyl groups is 1. The first kappa shape index (κ1) is 22.7. The summed E-state index contributed by atoms with van der Waals surface area (Å²) in [7, 11) is 0. The lowest BCUT2D eigenvalue weighted by molar-refractivity contribution is 0.0217. The number of aliphatic hydroxyl groups excluding tert-OH is 1. The molecule has 3 N–H and O–H groups in total. The minimum atomic E-state index is -0.412. The number of nitrogens with one attached hydrogen (secondary N) is 2. The molecule has 0 aliphatic carbocycles. The van der Waals surface area contributed by atoms with Gasteiger partial charge >= 0.3 is 0 Å². The smallest absolute Gasteiger partial charge is 0.255 e. The summed E-state index contributed by atoms with van der Waals surface area (Å²) < 4.78 is 11.7. The van der Waals surface area contributed by atoms with Gasteiger partial charge in [0.1, 0.15) is 0 Å². The van der Waals surface area contributed by atoms with Crippen molar-refractivity contribution in [1.29, 1.82) is 0 Å². The van der Waals surface area contributed by atoms with E-state index in [1.54, 1.807) is 0 Å². The molecule has 0 bridgehead atoms. The van der Waals surface area contributed by atoms with E-state index >= 15 is 0 Å². The molecule has 30 heavy (non-hydrogen) atoms. The fraction of sp³-hybridized carbons (Fsp3) is 0.696. The molecular weight excluding hydrogens is 382 g/mol. The van der Waals surface area contributed by atoms with Crippen molar-refractivity contribution in [2.45, 2.75) is 52.1 Å². The topological polar surface area (TPSA) is 83.1 Å². The molecule has 0 spiro atoms. The van der Waals surface area contributed by atoms with E-state index in [1.807, 2.05) is 12.1 Å². The maximum absolute atomic E-state index is 13.0. The standard InChI is InChI=1S/C23H37N3O4/c1-3-5-9-26-10-7-17(20(27)16-26)15-25-23(28)19-13-18(24-8-4-2)14-21-22(19)30-12-6-11-29-21/h13-14,17,20,24,27H,3-12,15-16H2,1-2H3,(H,25,28)/t17-,20?/m0/s1. The van der Waals surface area contributed by atoms with Crippen molar-refractivity contribution in [3.8, 4) is 11.5 Å². The van der Waals surface area contributed by atoms with Crippen molar-refractivity contribution >= 4 is 11.6 Å². The molecule has 2 aliphatic rings. The van der Waals surface area contributed by atoms with Crippen molar-refractivity contribution < 1.29 is 19.4 Å². The number of benzene rings is 1. The zero-order chi connectivity index (χ0) is 21.3. The first-order valence-electron chi connectivity index (χ1n) is 11.5.